The van der Waals surface area contributed by atoms with E-state index in [1.54, 1.807) is 6.07 Å². The molecule has 0 aliphatic heterocycles. The summed E-state index contributed by atoms with van der Waals surface area (Å²) in [6.45, 7) is 1.64. The van der Waals surface area contributed by atoms with Gasteiger partial charge in [0.05, 0.1) is 12.0 Å². The molecule has 2 rings (SSSR count). The number of aromatic nitrogens is 2. The molecule has 0 saturated carbocycles. The lowest BCUT2D eigenvalue weighted by Gasteiger charge is -2.05. The lowest BCUT2D eigenvalue weighted by molar-refractivity contribution is 0.774. The van der Waals surface area contributed by atoms with Gasteiger partial charge in [0.2, 0.25) is 0 Å². The van der Waals surface area contributed by atoms with Crippen molar-refractivity contribution in [2.45, 2.75) is 13.0 Å². The molecule has 3 nitrogen and oxygen atoms in total. The molecule has 0 amide bonds. The molecule has 18 heavy (non-hydrogen) atoms. The SMILES string of the molecule is CNCCc1cn(Cc2ccc(Cl)cc2Cl)cn1. The molecule has 0 saturated heterocycles. The zero-order chi connectivity index (χ0) is 13.0. The summed E-state index contributed by atoms with van der Waals surface area (Å²) in [4.78, 5) is 4.35. The van der Waals surface area contributed by atoms with Crippen molar-refractivity contribution < 1.29 is 0 Å². The van der Waals surface area contributed by atoms with E-state index in [2.05, 4.69) is 10.3 Å². The molecule has 0 spiro atoms. The number of halogens is 2. The summed E-state index contributed by atoms with van der Waals surface area (Å²) >= 11 is 12.0. The van der Waals surface area contributed by atoms with Crippen molar-refractivity contribution in [2.24, 2.45) is 0 Å². The summed E-state index contributed by atoms with van der Waals surface area (Å²) in [6.07, 6.45) is 4.80. The second-order valence-corrected chi connectivity index (χ2v) is 4.97. The van der Waals surface area contributed by atoms with Gasteiger partial charge in [-0.05, 0) is 24.7 Å². The summed E-state index contributed by atoms with van der Waals surface area (Å²) in [5, 5.41) is 4.45. The molecular weight excluding hydrogens is 269 g/mol. The first-order chi connectivity index (χ1) is 8.69. The van der Waals surface area contributed by atoms with Gasteiger partial charge < -0.3 is 9.88 Å². The van der Waals surface area contributed by atoms with Crippen LogP contribution in [0.2, 0.25) is 10.0 Å². The van der Waals surface area contributed by atoms with Gasteiger partial charge in [0.15, 0.2) is 0 Å². The molecule has 1 aromatic carbocycles. The van der Waals surface area contributed by atoms with E-state index in [9.17, 15) is 0 Å². The molecule has 1 heterocycles. The van der Waals surface area contributed by atoms with E-state index in [-0.39, 0.29) is 0 Å². The number of benzene rings is 1. The van der Waals surface area contributed by atoms with E-state index in [0.29, 0.717) is 16.6 Å². The number of imidazole rings is 1. The van der Waals surface area contributed by atoms with E-state index in [1.807, 2.05) is 36.3 Å². The van der Waals surface area contributed by atoms with E-state index >= 15 is 0 Å². The molecule has 0 radical (unpaired) electrons. The maximum Gasteiger partial charge on any atom is 0.0952 e. The van der Waals surface area contributed by atoms with E-state index in [4.69, 9.17) is 23.2 Å². The Bertz CT molecular complexity index is 523. The molecule has 2 aromatic rings. The van der Waals surface area contributed by atoms with Gasteiger partial charge in [0.1, 0.15) is 0 Å². The third kappa shape index (κ3) is 3.48. The quantitative estimate of drug-likeness (QED) is 0.914. The highest BCUT2D eigenvalue weighted by Gasteiger charge is 2.03. The predicted molar refractivity (Wildman–Crippen MR) is 75.4 cm³/mol. The molecule has 1 N–H and O–H groups in total. The normalized spacial score (nSPS) is 10.8. The molecule has 0 fully saturated rings. The number of nitrogens with one attached hydrogen (secondary N) is 1. The maximum atomic E-state index is 6.14. The molecule has 0 aliphatic carbocycles. The van der Waals surface area contributed by atoms with Crippen LogP contribution >= 0.6 is 23.2 Å². The van der Waals surface area contributed by atoms with Gasteiger partial charge in [-0.15, -0.1) is 0 Å². The van der Waals surface area contributed by atoms with Gasteiger partial charge in [-0.25, -0.2) is 4.98 Å². The average molecular weight is 284 g/mol. The Morgan fingerprint density at radius 3 is 2.89 bits per heavy atom. The predicted octanol–water partition coefficient (Wildman–Crippen LogP) is 3.00. The minimum atomic E-state index is 0.657. The van der Waals surface area contributed by atoms with Gasteiger partial charge in [0.25, 0.3) is 0 Å². The Hall–Kier alpha value is -1.03. The van der Waals surface area contributed by atoms with Gasteiger partial charge >= 0.3 is 0 Å². The van der Waals surface area contributed by atoms with Crippen LogP contribution in [0.3, 0.4) is 0 Å². The minimum absolute atomic E-state index is 0.657. The van der Waals surface area contributed by atoms with Crippen LogP contribution in [0.5, 0.6) is 0 Å². The molecule has 0 atom stereocenters. The molecule has 0 aliphatic rings. The number of nitrogens with zero attached hydrogens (tertiary/aromatic N) is 2. The summed E-state index contributed by atoms with van der Waals surface area (Å²) in [7, 11) is 1.93. The number of hydrogen-bond acceptors (Lipinski definition) is 2. The Labute approximate surface area is 117 Å². The van der Waals surface area contributed by atoms with Crippen LogP contribution in [0.4, 0.5) is 0 Å². The first kappa shape index (κ1) is 13.4. The van der Waals surface area contributed by atoms with Crippen LogP contribution in [0.25, 0.3) is 0 Å². The van der Waals surface area contributed by atoms with Crippen molar-refractivity contribution in [3.8, 4) is 0 Å². The smallest absolute Gasteiger partial charge is 0.0952 e. The highest BCUT2D eigenvalue weighted by atomic mass is 35.5. The van der Waals surface area contributed by atoms with E-state index in [0.717, 1.165) is 24.2 Å². The minimum Gasteiger partial charge on any atom is -0.333 e. The molecule has 5 heteroatoms. The lowest BCUT2D eigenvalue weighted by Crippen LogP contribution is -2.10. The first-order valence-corrected chi connectivity index (χ1v) is 6.54. The third-order valence-corrected chi connectivity index (χ3v) is 3.27. The fourth-order valence-corrected chi connectivity index (χ4v) is 2.19. The molecule has 1 aromatic heterocycles. The van der Waals surface area contributed by atoms with Crippen molar-refractivity contribution in [2.75, 3.05) is 13.6 Å². The lowest BCUT2D eigenvalue weighted by atomic mass is 10.2. The van der Waals surface area contributed by atoms with Gasteiger partial charge in [0, 0.05) is 35.8 Å². The van der Waals surface area contributed by atoms with Crippen molar-refractivity contribution >= 4 is 23.2 Å². The number of hydrogen-bond donors (Lipinski definition) is 1. The van der Waals surface area contributed by atoms with Crippen LogP contribution in [-0.2, 0) is 13.0 Å². The highest BCUT2D eigenvalue weighted by Crippen LogP contribution is 2.21. The third-order valence-electron chi connectivity index (χ3n) is 2.69. The molecule has 0 bridgehead atoms. The van der Waals surface area contributed by atoms with Crippen molar-refractivity contribution in [3.05, 3.63) is 52.0 Å². The standard InChI is InChI=1S/C13H15Cl2N3/c1-16-5-4-12-8-18(9-17-12)7-10-2-3-11(14)6-13(10)15/h2-3,6,8-9,16H,4-5,7H2,1H3. The first-order valence-electron chi connectivity index (χ1n) is 5.78. The van der Waals surface area contributed by atoms with E-state index in [1.165, 1.54) is 0 Å². The number of rotatable bonds is 5. The van der Waals surface area contributed by atoms with Crippen LogP contribution in [-0.4, -0.2) is 23.1 Å². The summed E-state index contributed by atoms with van der Waals surface area (Å²) in [5.41, 5.74) is 2.12. The average Bonchev–Trinajstić information content (AvgIpc) is 2.78. The maximum absolute atomic E-state index is 6.14. The monoisotopic (exact) mass is 283 g/mol. The van der Waals surface area contributed by atoms with Crippen LogP contribution < -0.4 is 5.32 Å². The molecule has 0 unspecified atom stereocenters. The fourth-order valence-electron chi connectivity index (χ4n) is 1.72. The van der Waals surface area contributed by atoms with Crippen LogP contribution in [0.15, 0.2) is 30.7 Å². The fraction of sp³-hybridized carbons (Fsp3) is 0.308. The van der Waals surface area contributed by atoms with Crippen LogP contribution in [0, 0.1) is 0 Å². The van der Waals surface area contributed by atoms with Gasteiger partial charge in [-0.1, -0.05) is 29.3 Å². The topological polar surface area (TPSA) is 29.9 Å². The van der Waals surface area contributed by atoms with Crippen LogP contribution in [0.1, 0.15) is 11.3 Å². The Morgan fingerprint density at radius 1 is 1.33 bits per heavy atom. The van der Waals surface area contributed by atoms with Crippen molar-refractivity contribution in [1.29, 1.82) is 0 Å². The number of likely N-dealkylation sites (N-methyl/N-ethyl adjacent to an activating group) is 1. The highest BCUT2D eigenvalue weighted by molar-refractivity contribution is 6.35. The summed E-state index contributed by atoms with van der Waals surface area (Å²) in [5.74, 6) is 0. The van der Waals surface area contributed by atoms with Gasteiger partial charge in [-0.3, -0.25) is 0 Å². The zero-order valence-corrected chi connectivity index (χ0v) is 11.7. The van der Waals surface area contributed by atoms with Crippen molar-refractivity contribution in [3.63, 3.8) is 0 Å². The molecule has 96 valence electrons. The zero-order valence-electron chi connectivity index (χ0n) is 10.2. The second-order valence-electron chi connectivity index (χ2n) is 4.13. The Morgan fingerprint density at radius 2 is 2.17 bits per heavy atom. The van der Waals surface area contributed by atoms with Crippen molar-refractivity contribution in [1.82, 2.24) is 14.9 Å². The van der Waals surface area contributed by atoms with Gasteiger partial charge in [-0.2, -0.15) is 0 Å². The summed E-state index contributed by atoms with van der Waals surface area (Å²) < 4.78 is 2.03. The Balaban J connectivity index is 2.06. The molecular formula is C13H15Cl2N3. The Kier molecular flexibility index (Phi) is 4.64. The largest absolute Gasteiger partial charge is 0.333 e. The second kappa shape index (κ2) is 6.23. The van der Waals surface area contributed by atoms with E-state index < -0.39 is 0 Å². The summed E-state index contributed by atoms with van der Waals surface area (Å²) in [6, 6.07) is 5.55.